The Hall–Kier alpha value is -1.80. The normalized spacial score (nSPS) is 19.9. The second-order valence-electron chi connectivity index (χ2n) is 6.05. The van der Waals surface area contributed by atoms with Crippen LogP contribution < -0.4 is 0 Å². The quantitative estimate of drug-likeness (QED) is 0.845. The average Bonchev–Trinajstić information content (AvgIpc) is 2.92. The SMILES string of the molecule is Cc1nc(-c2nccn2C)cc(C2CCCN(S(C)(=O)=O)C2)n1. The number of hydrogen-bond donors (Lipinski definition) is 0. The summed E-state index contributed by atoms with van der Waals surface area (Å²) in [6, 6.07) is 1.94. The van der Waals surface area contributed by atoms with E-state index in [1.807, 2.05) is 30.8 Å². The summed E-state index contributed by atoms with van der Waals surface area (Å²) in [6.07, 6.45) is 6.65. The number of hydrogen-bond acceptors (Lipinski definition) is 5. The summed E-state index contributed by atoms with van der Waals surface area (Å²) in [4.78, 5) is 13.4. The van der Waals surface area contributed by atoms with Crippen molar-refractivity contribution < 1.29 is 8.42 Å². The highest BCUT2D eigenvalue weighted by Crippen LogP contribution is 2.28. The molecule has 0 radical (unpaired) electrons. The molecule has 1 saturated heterocycles. The highest BCUT2D eigenvalue weighted by atomic mass is 32.2. The lowest BCUT2D eigenvalue weighted by Crippen LogP contribution is -2.38. The molecule has 0 spiro atoms. The zero-order valence-corrected chi connectivity index (χ0v) is 14.4. The van der Waals surface area contributed by atoms with Crippen LogP contribution in [0.3, 0.4) is 0 Å². The van der Waals surface area contributed by atoms with Crippen LogP contribution in [0.25, 0.3) is 11.5 Å². The fraction of sp³-hybridized carbons (Fsp3) is 0.533. The van der Waals surface area contributed by atoms with Crippen molar-refractivity contribution in [3.05, 3.63) is 30.0 Å². The first-order valence-corrected chi connectivity index (χ1v) is 9.48. The second-order valence-corrected chi connectivity index (χ2v) is 8.03. The first-order chi connectivity index (χ1) is 10.8. The molecule has 1 aliphatic heterocycles. The molecule has 2 aromatic heterocycles. The van der Waals surface area contributed by atoms with E-state index in [1.54, 1.807) is 10.5 Å². The van der Waals surface area contributed by atoms with Crippen molar-refractivity contribution in [1.82, 2.24) is 23.8 Å². The van der Waals surface area contributed by atoms with Gasteiger partial charge in [0.2, 0.25) is 10.0 Å². The summed E-state index contributed by atoms with van der Waals surface area (Å²) in [5.74, 6) is 1.56. The average molecular weight is 335 g/mol. The lowest BCUT2D eigenvalue weighted by Gasteiger charge is -2.30. The van der Waals surface area contributed by atoms with Crippen molar-refractivity contribution in [3.8, 4) is 11.5 Å². The van der Waals surface area contributed by atoms with Crippen LogP contribution in [0.4, 0.5) is 0 Å². The predicted octanol–water partition coefficient (Wildman–Crippen LogP) is 1.32. The van der Waals surface area contributed by atoms with E-state index in [-0.39, 0.29) is 5.92 Å². The maximum Gasteiger partial charge on any atom is 0.211 e. The largest absolute Gasteiger partial charge is 0.333 e. The number of aryl methyl sites for hydroxylation is 2. The van der Waals surface area contributed by atoms with E-state index in [4.69, 9.17) is 0 Å². The van der Waals surface area contributed by atoms with Crippen LogP contribution in [-0.2, 0) is 17.1 Å². The number of sulfonamides is 1. The van der Waals surface area contributed by atoms with Crippen LogP contribution in [0, 0.1) is 6.92 Å². The molecule has 3 heterocycles. The van der Waals surface area contributed by atoms with E-state index in [0.29, 0.717) is 18.9 Å². The summed E-state index contributed by atoms with van der Waals surface area (Å²) < 4.78 is 27.1. The molecule has 8 heteroatoms. The van der Waals surface area contributed by atoms with Gasteiger partial charge in [0.1, 0.15) is 11.5 Å². The van der Waals surface area contributed by atoms with Gasteiger partial charge in [-0.25, -0.2) is 27.7 Å². The molecule has 1 unspecified atom stereocenters. The van der Waals surface area contributed by atoms with Gasteiger partial charge in [0.15, 0.2) is 5.82 Å². The Labute approximate surface area is 136 Å². The van der Waals surface area contributed by atoms with E-state index in [9.17, 15) is 8.42 Å². The van der Waals surface area contributed by atoms with Crippen LogP contribution in [0.1, 0.15) is 30.3 Å². The molecule has 1 fully saturated rings. The van der Waals surface area contributed by atoms with Gasteiger partial charge in [0, 0.05) is 44.1 Å². The lowest BCUT2D eigenvalue weighted by molar-refractivity contribution is 0.314. The molecular formula is C15H21N5O2S. The molecule has 3 rings (SSSR count). The third kappa shape index (κ3) is 3.42. The van der Waals surface area contributed by atoms with Crippen molar-refractivity contribution in [1.29, 1.82) is 0 Å². The van der Waals surface area contributed by atoms with Crippen molar-refractivity contribution >= 4 is 10.0 Å². The summed E-state index contributed by atoms with van der Waals surface area (Å²) in [7, 11) is -1.24. The third-order valence-corrected chi connectivity index (χ3v) is 5.45. The summed E-state index contributed by atoms with van der Waals surface area (Å²) in [5.41, 5.74) is 1.67. The van der Waals surface area contributed by atoms with Crippen molar-refractivity contribution in [2.75, 3.05) is 19.3 Å². The van der Waals surface area contributed by atoms with Gasteiger partial charge in [-0.2, -0.15) is 0 Å². The molecular weight excluding hydrogens is 314 g/mol. The molecule has 0 aliphatic carbocycles. The van der Waals surface area contributed by atoms with E-state index in [0.717, 1.165) is 30.1 Å². The van der Waals surface area contributed by atoms with Gasteiger partial charge in [-0.15, -0.1) is 0 Å². The van der Waals surface area contributed by atoms with Gasteiger partial charge in [-0.3, -0.25) is 0 Å². The fourth-order valence-corrected chi connectivity index (χ4v) is 3.92. The van der Waals surface area contributed by atoms with Crippen molar-refractivity contribution in [3.63, 3.8) is 0 Å². The Morgan fingerprint density at radius 2 is 2.09 bits per heavy atom. The molecule has 1 aliphatic rings. The van der Waals surface area contributed by atoms with E-state index in [2.05, 4.69) is 15.0 Å². The Balaban J connectivity index is 1.94. The number of imidazole rings is 1. The Bertz CT molecular complexity index is 815. The van der Waals surface area contributed by atoms with Crippen LogP contribution in [0.15, 0.2) is 18.5 Å². The Morgan fingerprint density at radius 3 is 2.74 bits per heavy atom. The molecule has 2 aromatic rings. The summed E-state index contributed by atoms with van der Waals surface area (Å²) in [6.45, 7) is 2.92. The molecule has 0 bridgehead atoms. The zero-order valence-electron chi connectivity index (χ0n) is 13.6. The number of aromatic nitrogens is 4. The monoisotopic (exact) mass is 335 g/mol. The van der Waals surface area contributed by atoms with Gasteiger partial charge in [0.05, 0.1) is 6.26 Å². The molecule has 0 amide bonds. The van der Waals surface area contributed by atoms with E-state index >= 15 is 0 Å². The Morgan fingerprint density at radius 1 is 1.30 bits per heavy atom. The molecule has 0 aromatic carbocycles. The van der Waals surface area contributed by atoms with Crippen LogP contribution in [-0.4, -0.2) is 51.6 Å². The van der Waals surface area contributed by atoms with Gasteiger partial charge in [-0.05, 0) is 25.8 Å². The summed E-state index contributed by atoms with van der Waals surface area (Å²) >= 11 is 0. The molecule has 1 atom stereocenters. The standard InChI is InChI=1S/C15H21N5O2S/c1-11-17-13(9-14(18-11)15-16-6-8-19(15)2)12-5-4-7-20(10-12)23(3,21)22/h6,8-9,12H,4-5,7,10H2,1-3H3. The summed E-state index contributed by atoms with van der Waals surface area (Å²) in [5, 5.41) is 0. The molecule has 0 saturated carbocycles. The van der Waals surface area contributed by atoms with Crippen LogP contribution >= 0.6 is 0 Å². The van der Waals surface area contributed by atoms with Crippen molar-refractivity contribution in [2.45, 2.75) is 25.7 Å². The van der Waals surface area contributed by atoms with Crippen molar-refractivity contribution in [2.24, 2.45) is 7.05 Å². The van der Waals surface area contributed by atoms with Gasteiger partial charge in [0.25, 0.3) is 0 Å². The Kier molecular flexibility index (Phi) is 4.20. The maximum atomic E-state index is 11.8. The minimum Gasteiger partial charge on any atom is -0.333 e. The highest BCUT2D eigenvalue weighted by molar-refractivity contribution is 7.88. The fourth-order valence-electron chi connectivity index (χ4n) is 3.01. The number of piperidine rings is 1. The first-order valence-electron chi connectivity index (χ1n) is 7.63. The maximum absolute atomic E-state index is 11.8. The molecule has 7 nitrogen and oxygen atoms in total. The molecule has 0 N–H and O–H groups in total. The highest BCUT2D eigenvalue weighted by Gasteiger charge is 2.28. The second kappa shape index (κ2) is 6.01. The smallest absolute Gasteiger partial charge is 0.211 e. The number of nitrogens with zero attached hydrogens (tertiary/aromatic N) is 5. The zero-order chi connectivity index (χ0) is 16.6. The number of rotatable bonds is 3. The first kappa shape index (κ1) is 16.1. The third-order valence-electron chi connectivity index (χ3n) is 4.18. The van der Waals surface area contributed by atoms with Crippen LogP contribution in [0.5, 0.6) is 0 Å². The van der Waals surface area contributed by atoms with Gasteiger partial charge in [-0.1, -0.05) is 0 Å². The molecule has 124 valence electrons. The topological polar surface area (TPSA) is 81.0 Å². The lowest BCUT2D eigenvalue weighted by atomic mass is 9.95. The van der Waals surface area contributed by atoms with Crippen LogP contribution in [0.2, 0.25) is 0 Å². The van der Waals surface area contributed by atoms with E-state index in [1.165, 1.54) is 6.26 Å². The minimum absolute atomic E-state index is 0.0965. The van der Waals surface area contributed by atoms with E-state index < -0.39 is 10.0 Å². The van der Waals surface area contributed by atoms with Gasteiger partial charge >= 0.3 is 0 Å². The molecule has 23 heavy (non-hydrogen) atoms. The minimum atomic E-state index is -3.16. The van der Waals surface area contributed by atoms with Gasteiger partial charge < -0.3 is 4.57 Å². The predicted molar refractivity (Wildman–Crippen MR) is 87.4 cm³/mol.